The number of piperazine rings is 1. The molecule has 3 N–H and O–H groups in total. The van der Waals surface area contributed by atoms with Crippen molar-refractivity contribution in [3.8, 4) is 11.3 Å². The predicted octanol–water partition coefficient (Wildman–Crippen LogP) is 4.58. The number of aromatic nitrogens is 2. The average Bonchev–Trinajstić information content (AvgIpc) is 3.42. The predicted molar refractivity (Wildman–Crippen MR) is 152 cm³/mol. The molecule has 0 spiro atoms. The van der Waals surface area contributed by atoms with Gasteiger partial charge >= 0.3 is 6.09 Å². The minimum atomic E-state index is -0.644. The van der Waals surface area contributed by atoms with E-state index >= 15 is 0 Å². The number of carbonyl (C=O) groups excluding carboxylic acids is 2. The van der Waals surface area contributed by atoms with Gasteiger partial charge in [-0.1, -0.05) is 43.2 Å². The third-order valence-electron chi connectivity index (χ3n) is 7.90. The molecule has 1 aromatic heterocycles. The van der Waals surface area contributed by atoms with E-state index < -0.39 is 17.7 Å². The molecule has 218 valence electrons. The van der Waals surface area contributed by atoms with E-state index in [1.165, 1.54) is 19.2 Å². The van der Waals surface area contributed by atoms with E-state index in [0.29, 0.717) is 44.0 Å². The summed E-state index contributed by atoms with van der Waals surface area (Å²) >= 11 is 0. The number of imidazole rings is 1. The molecule has 2 fully saturated rings. The van der Waals surface area contributed by atoms with Gasteiger partial charge in [-0.05, 0) is 31.4 Å². The van der Waals surface area contributed by atoms with Gasteiger partial charge in [0.05, 0.1) is 31.2 Å². The number of hydrogen-bond acceptors (Lipinski definition) is 6. The molecule has 0 bridgehead atoms. The SMILES string of the molecule is COC(=O)N[C@H]1CCCC[C@@H]1n1cnc(C(=O)N2CCNC[C@H]2CCNc2cc(F)cc(F)c2)c1-c1ccccc1. The van der Waals surface area contributed by atoms with Gasteiger partial charge in [0.2, 0.25) is 0 Å². The Labute approximate surface area is 238 Å². The number of anilines is 1. The van der Waals surface area contributed by atoms with Gasteiger partial charge in [0.15, 0.2) is 5.69 Å². The van der Waals surface area contributed by atoms with E-state index in [1.807, 2.05) is 39.8 Å². The zero-order chi connectivity index (χ0) is 28.8. The van der Waals surface area contributed by atoms with Gasteiger partial charge in [-0.25, -0.2) is 18.6 Å². The molecule has 2 aromatic carbocycles. The van der Waals surface area contributed by atoms with Crippen LogP contribution in [0.2, 0.25) is 0 Å². The number of nitrogens with zero attached hydrogens (tertiary/aromatic N) is 3. The number of carbonyl (C=O) groups is 2. The Bertz CT molecular complexity index is 1330. The van der Waals surface area contributed by atoms with Crippen LogP contribution in [-0.2, 0) is 4.74 Å². The van der Waals surface area contributed by atoms with E-state index in [4.69, 9.17) is 4.74 Å². The zero-order valence-electron chi connectivity index (χ0n) is 23.1. The summed E-state index contributed by atoms with van der Waals surface area (Å²) in [6.45, 7) is 2.19. The second-order valence-electron chi connectivity index (χ2n) is 10.5. The molecule has 11 heteroatoms. The number of alkyl carbamates (subject to hydrolysis) is 1. The summed E-state index contributed by atoms with van der Waals surface area (Å²) in [6.07, 6.45) is 5.45. The van der Waals surface area contributed by atoms with Crippen molar-refractivity contribution in [3.63, 3.8) is 0 Å². The van der Waals surface area contributed by atoms with Crippen molar-refractivity contribution in [1.29, 1.82) is 0 Å². The molecule has 2 amide bonds. The summed E-state index contributed by atoms with van der Waals surface area (Å²) < 4.78 is 34.1. The summed E-state index contributed by atoms with van der Waals surface area (Å²) in [7, 11) is 1.35. The first-order valence-corrected chi connectivity index (χ1v) is 14.1. The molecule has 9 nitrogen and oxygen atoms in total. The van der Waals surface area contributed by atoms with Crippen LogP contribution < -0.4 is 16.0 Å². The van der Waals surface area contributed by atoms with Crippen LogP contribution in [0, 0.1) is 11.6 Å². The Morgan fingerprint density at radius 3 is 2.61 bits per heavy atom. The van der Waals surface area contributed by atoms with Gasteiger partial charge in [-0.15, -0.1) is 0 Å². The molecular weight excluding hydrogens is 530 g/mol. The summed E-state index contributed by atoms with van der Waals surface area (Å²) in [4.78, 5) is 32.8. The first kappa shape index (κ1) is 28.5. The van der Waals surface area contributed by atoms with Gasteiger partial charge in [-0.3, -0.25) is 4.79 Å². The van der Waals surface area contributed by atoms with E-state index in [1.54, 1.807) is 6.33 Å². The Morgan fingerprint density at radius 2 is 1.85 bits per heavy atom. The lowest BCUT2D eigenvalue weighted by Gasteiger charge is -2.36. The largest absolute Gasteiger partial charge is 0.453 e. The average molecular weight is 567 g/mol. The molecule has 1 saturated carbocycles. The van der Waals surface area contributed by atoms with E-state index in [-0.39, 0.29) is 24.0 Å². The molecule has 41 heavy (non-hydrogen) atoms. The molecule has 1 saturated heterocycles. The number of ether oxygens (including phenoxy) is 1. The second kappa shape index (κ2) is 13.1. The third kappa shape index (κ3) is 6.67. The molecule has 2 heterocycles. The lowest BCUT2D eigenvalue weighted by atomic mass is 9.89. The van der Waals surface area contributed by atoms with Crippen LogP contribution in [0.25, 0.3) is 11.3 Å². The standard InChI is InChI=1S/C30H36F2N6O3/c1-41-30(40)36-25-9-5-6-10-26(25)38-19-35-27(28(38)20-7-3-2-4-8-20)29(39)37-14-13-33-18-24(37)11-12-34-23-16-21(31)15-22(32)17-23/h2-4,7-8,15-17,19,24-26,33-34H,5-6,9-14,18H2,1H3,(H,36,40)/t24-,25+,26+/m1/s1. The minimum Gasteiger partial charge on any atom is -0.453 e. The van der Waals surface area contributed by atoms with Crippen molar-refractivity contribution < 1.29 is 23.1 Å². The molecule has 1 aliphatic heterocycles. The number of rotatable bonds is 8. The van der Waals surface area contributed by atoms with Crippen LogP contribution in [0.3, 0.4) is 0 Å². The lowest BCUT2D eigenvalue weighted by Crippen LogP contribution is -2.54. The first-order chi connectivity index (χ1) is 19.9. The number of amides is 2. The van der Waals surface area contributed by atoms with Crippen LogP contribution in [0.4, 0.5) is 19.3 Å². The highest BCUT2D eigenvalue weighted by atomic mass is 19.1. The summed E-state index contributed by atoms with van der Waals surface area (Å²) in [6, 6.07) is 12.7. The van der Waals surface area contributed by atoms with Gasteiger partial charge in [0.1, 0.15) is 11.6 Å². The van der Waals surface area contributed by atoms with Crippen LogP contribution in [-0.4, -0.2) is 71.8 Å². The molecule has 1 aliphatic carbocycles. The summed E-state index contributed by atoms with van der Waals surface area (Å²) in [5.41, 5.74) is 2.32. The number of halogens is 2. The zero-order valence-corrected chi connectivity index (χ0v) is 23.1. The summed E-state index contributed by atoms with van der Waals surface area (Å²) in [5.74, 6) is -1.46. The van der Waals surface area contributed by atoms with Crippen LogP contribution in [0.5, 0.6) is 0 Å². The number of hydrogen-bond donors (Lipinski definition) is 3. The first-order valence-electron chi connectivity index (χ1n) is 14.1. The molecule has 0 radical (unpaired) electrons. The van der Waals surface area contributed by atoms with Crippen molar-refractivity contribution in [2.45, 2.75) is 50.2 Å². The molecule has 3 aromatic rings. The van der Waals surface area contributed by atoms with E-state index in [2.05, 4.69) is 20.9 Å². The third-order valence-corrected chi connectivity index (χ3v) is 7.90. The second-order valence-corrected chi connectivity index (χ2v) is 10.5. The Morgan fingerprint density at radius 1 is 1.10 bits per heavy atom. The minimum absolute atomic E-state index is 0.0817. The molecule has 5 rings (SSSR count). The molecule has 2 aliphatic rings. The van der Waals surface area contributed by atoms with E-state index in [0.717, 1.165) is 43.0 Å². The quantitative estimate of drug-likeness (QED) is 0.369. The normalized spacial score (nSPS) is 20.9. The fraction of sp³-hybridized carbons (Fsp3) is 0.433. The van der Waals surface area contributed by atoms with Gasteiger partial charge in [-0.2, -0.15) is 0 Å². The Balaban J connectivity index is 1.40. The fourth-order valence-electron chi connectivity index (χ4n) is 5.94. The maximum absolute atomic E-state index is 14.1. The number of methoxy groups -OCH3 is 1. The van der Waals surface area contributed by atoms with Crippen LogP contribution in [0.15, 0.2) is 54.9 Å². The topological polar surface area (TPSA) is 101 Å². The maximum atomic E-state index is 14.1. The highest BCUT2D eigenvalue weighted by molar-refractivity contribution is 5.98. The monoisotopic (exact) mass is 566 g/mol. The van der Waals surface area contributed by atoms with Crippen molar-refractivity contribution in [1.82, 2.24) is 25.1 Å². The number of nitrogens with one attached hydrogen (secondary N) is 3. The molecular formula is C30H36F2N6O3. The highest BCUT2D eigenvalue weighted by Crippen LogP contribution is 2.35. The van der Waals surface area contributed by atoms with Gasteiger partial charge in [0, 0.05) is 49.5 Å². The smallest absolute Gasteiger partial charge is 0.407 e. The van der Waals surface area contributed by atoms with Crippen molar-refractivity contribution >= 4 is 17.7 Å². The van der Waals surface area contributed by atoms with Gasteiger partial charge < -0.3 is 30.2 Å². The van der Waals surface area contributed by atoms with E-state index in [9.17, 15) is 18.4 Å². The maximum Gasteiger partial charge on any atom is 0.407 e. The molecule has 0 unspecified atom stereocenters. The van der Waals surface area contributed by atoms with Crippen LogP contribution in [0.1, 0.15) is 48.6 Å². The van der Waals surface area contributed by atoms with Crippen molar-refractivity contribution in [2.24, 2.45) is 0 Å². The fourth-order valence-corrected chi connectivity index (χ4v) is 5.94. The summed E-state index contributed by atoms with van der Waals surface area (Å²) in [5, 5.41) is 9.40. The van der Waals surface area contributed by atoms with Crippen LogP contribution >= 0.6 is 0 Å². The van der Waals surface area contributed by atoms with Crippen molar-refractivity contribution in [3.05, 3.63) is 72.2 Å². The van der Waals surface area contributed by atoms with Crippen molar-refractivity contribution in [2.75, 3.05) is 38.6 Å². The molecule has 3 atom stereocenters. The highest BCUT2D eigenvalue weighted by Gasteiger charge is 2.35. The number of benzene rings is 2. The Hall–Kier alpha value is -3.99. The lowest BCUT2D eigenvalue weighted by molar-refractivity contribution is 0.0624. The van der Waals surface area contributed by atoms with Gasteiger partial charge in [0.25, 0.3) is 5.91 Å². The Kier molecular flexibility index (Phi) is 9.13.